The standard InChI is InChI=1S/C22H28N2O2/c1-17-6-2-3-7-19(17)16-18-8-10-20(11-9-18)26-15-14-24-22(21(23)25)12-4-5-13-22/h2-3,6-11,24H,4-5,12-16H2,1H3,(H2,23,25). The molecule has 26 heavy (non-hydrogen) atoms. The number of hydrogen-bond acceptors (Lipinski definition) is 3. The van der Waals surface area contributed by atoms with E-state index in [2.05, 4.69) is 48.6 Å². The van der Waals surface area contributed by atoms with Crippen molar-refractivity contribution in [1.82, 2.24) is 5.32 Å². The smallest absolute Gasteiger partial charge is 0.237 e. The summed E-state index contributed by atoms with van der Waals surface area (Å²) in [6.07, 6.45) is 4.69. The van der Waals surface area contributed by atoms with E-state index in [-0.39, 0.29) is 5.91 Å². The Labute approximate surface area is 155 Å². The second-order valence-electron chi connectivity index (χ2n) is 7.18. The summed E-state index contributed by atoms with van der Waals surface area (Å²) >= 11 is 0. The van der Waals surface area contributed by atoms with Crippen molar-refractivity contribution >= 4 is 5.91 Å². The summed E-state index contributed by atoms with van der Waals surface area (Å²) in [5.74, 6) is 0.607. The maximum Gasteiger partial charge on any atom is 0.237 e. The van der Waals surface area contributed by atoms with E-state index in [4.69, 9.17) is 10.5 Å². The summed E-state index contributed by atoms with van der Waals surface area (Å²) in [7, 11) is 0. The van der Waals surface area contributed by atoms with E-state index in [0.717, 1.165) is 37.9 Å². The lowest BCUT2D eigenvalue weighted by molar-refractivity contribution is -0.124. The number of primary amides is 1. The summed E-state index contributed by atoms with van der Waals surface area (Å²) in [6, 6.07) is 16.7. The summed E-state index contributed by atoms with van der Waals surface area (Å²) in [4.78, 5) is 11.7. The van der Waals surface area contributed by atoms with Crippen molar-refractivity contribution < 1.29 is 9.53 Å². The van der Waals surface area contributed by atoms with Crippen molar-refractivity contribution in [2.45, 2.75) is 44.6 Å². The number of carbonyl (C=O) groups is 1. The monoisotopic (exact) mass is 352 g/mol. The summed E-state index contributed by atoms with van der Waals surface area (Å²) < 4.78 is 5.80. The van der Waals surface area contributed by atoms with Crippen molar-refractivity contribution in [3.05, 3.63) is 65.2 Å². The fourth-order valence-electron chi connectivity index (χ4n) is 3.68. The van der Waals surface area contributed by atoms with E-state index >= 15 is 0 Å². The molecule has 0 bridgehead atoms. The van der Waals surface area contributed by atoms with Crippen LogP contribution >= 0.6 is 0 Å². The number of aryl methyl sites for hydroxylation is 1. The second kappa shape index (κ2) is 8.37. The quantitative estimate of drug-likeness (QED) is 0.716. The van der Waals surface area contributed by atoms with Crippen LogP contribution in [0.1, 0.15) is 42.4 Å². The lowest BCUT2D eigenvalue weighted by Crippen LogP contribution is -2.54. The van der Waals surface area contributed by atoms with Crippen LogP contribution in [0.5, 0.6) is 5.75 Å². The lowest BCUT2D eigenvalue weighted by atomic mass is 9.97. The molecular weight excluding hydrogens is 324 g/mol. The number of benzene rings is 2. The maximum absolute atomic E-state index is 11.7. The molecule has 1 amide bonds. The van der Waals surface area contributed by atoms with E-state index in [1.54, 1.807) is 0 Å². The van der Waals surface area contributed by atoms with Crippen LogP contribution in [0.4, 0.5) is 0 Å². The van der Waals surface area contributed by atoms with E-state index in [0.29, 0.717) is 13.2 Å². The number of carbonyl (C=O) groups excluding carboxylic acids is 1. The third-order valence-corrected chi connectivity index (χ3v) is 5.34. The Morgan fingerprint density at radius 2 is 1.81 bits per heavy atom. The first kappa shape index (κ1) is 18.5. The molecule has 1 aliphatic rings. The van der Waals surface area contributed by atoms with Crippen LogP contribution in [0.15, 0.2) is 48.5 Å². The number of amides is 1. The molecule has 0 saturated heterocycles. The van der Waals surface area contributed by atoms with Crippen molar-refractivity contribution in [1.29, 1.82) is 0 Å². The average Bonchev–Trinajstić information content (AvgIpc) is 3.12. The fourth-order valence-corrected chi connectivity index (χ4v) is 3.68. The van der Waals surface area contributed by atoms with Crippen LogP contribution in [-0.4, -0.2) is 24.6 Å². The average molecular weight is 352 g/mol. The third kappa shape index (κ3) is 4.44. The van der Waals surface area contributed by atoms with Gasteiger partial charge in [-0.15, -0.1) is 0 Å². The first-order valence-corrected chi connectivity index (χ1v) is 9.40. The maximum atomic E-state index is 11.7. The van der Waals surface area contributed by atoms with Crippen molar-refractivity contribution in [3.8, 4) is 5.75 Å². The molecule has 0 heterocycles. The third-order valence-electron chi connectivity index (χ3n) is 5.34. The topological polar surface area (TPSA) is 64.3 Å². The van der Waals surface area contributed by atoms with Crippen LogP contribution in [-0.2, 0) is 11.2 Å². The fraction of sp³-hybridized carbons (Fsp3) is 0.409. The lowest BCUT2D eigenvalue weighted by Gasteiger charge is -2.26. The van der Waals surface area contributed by atoms with Crippen LogP contribution < -0.4 is 15.8 Å². The second-order valence-corrected chi connectivity index (χ2v) is 7.18. The number of rotatable bonds is 8. The largest absolute Gasteiger partial charge is 0.492 e. The number of nitrogens with two attached hydrogens (primary N) is 1. The Morgan fingerprint density at radius 3 is 2.46 bits per heavy atom. The van der Waals surface area contributed by atoms with Crippen LogP contribution in [0.3, 0.4) is 0 Å². The molecule has 3 rings (SSSR count). The van der Waals surface area contributed by atoms with Gasteiger partial charge >= 0.3 is 0 Å². The highest BCUT2D eigenvalue weighted by Gasteiger charge is 2.38. The van der Waals surface area contributed by atoms with E-state index in [9.17, 15) is 4.79 Å². The van der Waals surface area contributed by atoms with Gasteiger partial charge in [-0.3, -0.25) is 10.1 Å². The Balaban J connectivity index is 1.47. The summed E-state index contributed by atoms with van der Waals surface area (Å²) in [6.45, 7) is 3.28. The molecule has 0 aromatic heterocycles. The van der Waals surface area contributed by atoms with Crippen molar-refractivity contribution in [3.63, 3.8) is 0 Å². The predicted molar refractivity (Wildman–Crippen MR) is 104 cm³/mol. The van der Waals surface area contributed by atoms with E-state index < -0.39 is 5.54 Å². The highest BCUT2D eigenvalue weighted by molar-refractivity contribution is 5.85. The van der Waals surface area contributed by atoms with Gasteiger partial charge in [0.2, 0.25) is 5.91 Å². The van der Waals surface area contributed by atoms with Gasteiger partial charge in [0.25, 0.3) is 0 Å². The molecule has 0 spiro atoms. The SMILES string of the molecule is Cc1ccccc1Cc1ccc(OCCNC2(C(N)=O)CCCC2)cc1. The molecule has 0 aliphatic heterocycles. The van der Waals surface area contributed by atoms with Crippen LogP contribution in [0.25, 0.3) is 0 Å². The molecule has 2 aromatic carbocycles. The Bertz CT molecular complexity index is 734. The van der Waals surface area contributed by atoms with Gasteiger partial charge in [-0.25, -0.2) is 0 Å². The predicted octanol–water partition coefficient (Wildman–Crippen LogP) is 3.35. The highest BCUT2D eigenvalue weighted by atomic mass is 16.5. The first-order valence-electron chi connectivity index (χ1n) is 9.40. The molecule has 138 valence electrons. The molecule has 3 N–H and O–H groups in total. The van der Waals surface area contributed by atoms with Crippen molar-refractivity contribution in [2.24, 2.45) is 5.73 Å². The van der Waals surface area contributed by atoms with Gasteiger partial charge in [0.1, 0.15) is 12.4 Å². The Morgan fingerprint density at radius 1 is 1.12 bits per heavy atom. The number of hydrogen-bond donors (Lipinski definition) is 2. The zero-order valence-electron chi connectivity index (χ0n) is 15.5. The van der Waals surface area contributed by atoms with Crippen LogP contribution in [0.2, 0.25) is 0 Å². The molecule has 0 unspecified atom stereocenters. The van der Waals surface area contributed by atoms with Gasteiger partial charge in [-0.05, 0) is 55.0 Å². The van der Waals surface area contributed by atoms with E-state index in [1.165, 1.54) is 16.7 Å². The van der Waals surface area contributed by atoms with Gasteiger partial charge in [-0.2, -0.15) is 0 Å². The molecule has 4 heteroatoms. The minimum atomic E-state index is -0.527. The van der Waals surface area contributed by atoms with Crippen molar-refractivity contribution in [2.75, 3.05) is 13.2 Å². The first-order chi connectivity index (χ1) is 12.6. The minimum Gasteiger partial charge on any atom is -0.492 e. The normalized spacial score (nSPS) is 15.7. The zero-order chi connectivity index (χ0) is 18.4. The Hall–Kier alpha value is -2.33. The number of nitrogens with one attached hydrogen (secondary N) is 1. The molecule has 0 radical (unpaired) electrons. The molecule has 1 saturated carbocycles. The summed E-state index contributed by atoms with van der Waals surface area (Å²) in [5.41, 5.74) is 8.97. The van der Waals surface area contributed by atoms with Gasteiger partial charge in [-0.1, -0.05) is 49.2 Å². The molecule has 4 nitrogen and oxygen atoms in total. The zero-order valence-corrected chi connectivity index (χ0v) is 15.5. The van der Waals surface area contributed by atoms with Gasteiger partial charge in [0, 0.05) is 6.54 Å². The van der Waals surface area contributed by atoms with Gasteiger partial charge in [0.15, 0.2) is 0 Å². The van der Waals surface area contributed by atoms with Gasteiger partial charge < -0.3 is 10.5 Å². The van der Waals surface area contributed by atoms with E-state index in [1.807, 2.05) is 12.1 Å². The summed E-state index contributed by atoms with van der Waals surface area (Å²) in [5, 5.41) is 3.32. The highest BCUT2D eigenvalue weighted by Crippen LogP contribution is 2.29. The molecule has 1 aliphatic carbocycles. The Kier molecular flexibility index (Phi) is 5.94. The number of ether oxygens (including phenoxy) is 1. The van der Waals surface area contributed by atoms with Crippen LogP contribution in [0, 0.1) is 6.92 Å². The molecular formula is C22H28N2O2. The molecule has 0 atom stereocenters. The molecule has 2 aromatic rings. The van der Waals surface area contributed by atoms with Gasteiger partial charge in [0.05, 0.1) is 5.54 Å². The minimum absolute atomic E-state index is 0.240. The molecule has 1 fully saturated rings.